The molecule has 18 heavy (non-hydrogen) atoms. The van der Waals surface area contributed by atoms with Gasteiger partial charge < -0.3 is 15.3 Å². The Morgan fingerprint density at radius 3 is 2.67 bits per heavy atom. The first kappa shape index (κ1) is 15.7. The molecule has 0 atom stereocenters. The Bertz CT molecular complexity index is 251. The summed E-state index contributed by atoms with van der Waals surface area (Å²) in [6, 6.07) is 0. The lowest BCUT2D eigenvalue weighted by molar-refractivity contribution is -0.130. The summed E-state index contributed by atoms with van der Waals surface area (Å²) >= 11 is 1.53. The van der Waals surface area contributed by atoms with E-state index in [2.05, 4.69) is 5.32 Å². The Kier molecular flexibility index (Phi) is 7.53. The van der Waals surface area contributed by atoms with Crippen molar-refractivity contribution in [2.45, 2.75) is 24.5 Å². The van der Waals surface area contributed by atoms with Crippen LogP contribution in [0.25, 0.3) is 0 Å². The standard InChI is InChI=1S/C11H20F2N2O2S/c12-10(13)7-15(5-6-16)11(17)8-18-9-1-3-14-4-2-9/h9-10,14,16H,1-8H2. The van der Waals surface area contributed by atoms with Crippen LogP contribution in [0.2, 0.25) is 0 Å². The molecule has 0 aromatic carbocycles. The number of nitrogens with one attached hydrogen (secondary N) is 1. The maximum Gasteiger partial charge on any atom is 0.255 e. The van der Waals surface area contributed by atoms with Crippen molar-refractivity contribution in [2.75, 3.05) is 38.5 Å². The fourth-order valence-corrected chi connectivity index (χ4v) is 2.98. The Labute approximate surface area is 110 Å². The molecular formula is C11H20F2N2O2S. The first-order valence-electron chi connectivity index (χ1n) is 6.12. The van der Waals surface area contributed by atoms with Crippen molar-refractivity contribution in [1.29, 1.82) is 0 Å². The second kappa shape index (κ2) is 8.66. The Morgan fingerprint density at radius 1 is 1.44 bits per heavy atom. The zero-order valence-corrected chi connectivity index (χ0v) is 11.1. The number of rotatable bonds is 7. The highest BCUT2D eigenvalue weighted by Crippen LogP contribution is 2.20. The number of hydrogen-bond acceptors (Lipinski definition) is 4. The summed E-state index contributed by atoms with van der Waals surface area (Å²) in [5.41, 5.74) is 0. The van der Waals surface area contributed by atoms with Crippen molar-refractivity contribution in [3.8, 4) is 0 Å². The highest BCUT2D eigenvalue weighted by molar-refractivity contribution is 8.00. The molecule has 1 fully saturated rings. The molecule has 0 aliphatic carbocycles. The van der Waals surface area contributed by atoms with Gasteiger partial charge in [0, 0.05) is 11.8 Å². The third kappa shape index (κ3) is 5.97. The Balaban J connectivity index is 2.30. The van der Waals surface area contributed by atoms with Crippen LogP contribution in [0.1, 0.15) is 12.8 Å². The van der Waals surface area contributed by atoms with E-state index >= 15 is 0 Å². The van der Waals surface area contributed by atoms with Gasteiger partial charge in [0.25, 0.3) is 6.43 Å². The van der Waals surface area contributed by atoms with Crippen LogP contribution in [0.15, 0.2) is 0 Å². The molecule has 1 heterocycles. The molecule has 1 amide bonds. The van der Waals surface area contributed by atoms with Gasteiger partial charge in [-0.2, -0.15) is 0 Å². The lowest BCUT2D eigenvalue weighted by Crippen LogP contribution is -2.39. The van der Waals surface area contributed by atoms with Gasteiger partial charge >= 0.3 is 0 Å². The van der Waals surface area contributed by atoms with E-state index in [1.54, 1.807) is 0 Å². The van der Waals surface area contributed by atoms with Crippen molar-refractivity contribution in [3.05, 3.63) is 0 Å². The smallest absolute Gasteiger partial charge is 0.255 e. The van der Waals surface area contributed by atoms with Gasteiger partial charge in [-0.3, -0.25) is 4.79 Å². The molecule has 1 saturated heterocycles. The minimum atomic E-state index is -2.55. The highest BCUT2D eigenvalue weighted by Gasteiger charge is 2.20. The molecule has 4 nitrogen and oxygen atoms in total. The molecule has 106 valence electrons. The highest BCUT2D eigenvalue weighted by atomic mass is 32.2. The van der Waals surface area contributed by atoms with E-state index in [-0.39, 0.29) is 24.8 Å². The number of amides is 1. The maximum absolute atomic E-state index is 12.3. The van der Waals surface area contributed by atoms with Crippen LogP contribution < -0.4 is 5.32 Å². The molecule has 0 bridgehead atoms. The van der Waals surface area contributed by atoms with E-state index < -0.39 is 13.0 Å². The monoisotopic (exact) mass is 282 g/mol. The Morgan fingerprint density at radius 2 is 2.11 bits per heavy atom. The van der Waals surface area contributed by atoms with Crippen LogP contribution in [-0.2, 0) is 4.79 Å². The number of aliphatic hydroxyl groups is 1. The lowest BCUT2D eigenvalue weighted by atomic mass is 10.2. The van der Waals surface area contributed by atoms with Crippen molar-refractivity contribution in [3.63, 3.8) is 0 Å². The van der Waals surface area contributed by atoms with Crippen molar-refractivity contribution in [2.24, 2.45) is 0 Å². The normalized spacial score (nSPS) is 17.1. The number of carbonyl (C=O) groups excluding carboxylic acids is 1. The summed E-state index contributed by atoms with van der Waals surface area (Å²) in [5.74, 6) is -0.0925. The van der Waals surface area contributed by atoms with Crippen LogP contribution in [0.3, 0.4) is 0 Å². The number of aliphatic hydroxyl groups excluding tert-OH is 1. The summed E-state index contributed by atoms with van der Waals surface area (Å²) in [4.78, 5) is 12.8. The number of piperidine rings is 1. The van der Waals surface area contributed by atoms with Crippen molar-refractivity contribution in [1.82, 2.24) is 10.2 Å². The lowest BCUT2D eigenvalue weighted by Gasteiger charge is -2.24. The molecule has 0 aromatic rings. The third-order valence-corrected chi connectivity index (χ3v) is 4.17. The second-order valence-corrected chi connectivity index (χ2v) is 5.50. The van der Waals surface area contributed by atoms with Gasteiger partial charge in [-0.25, -0.2) is 8.78 Å². The fraction of sp³-hybridized carbons (Fsp3) is 0.909. The van der Waals surface area contributed by atoms with Gasteiger partial charge in [-0.05, 0) is 25.9 Å². The van der Waals surface area contributed by atoms with E-state index in [1.165, 1.54) is 11.8 Å². The molecule has 0 spiro atoms. The summed E-state index contributed by atoms with van der Waals surface area (Å²) < 4.78 is 24.5. The predicted octanol–water partition coefficient (Wildman–Crippen LogP) is 0.558. The minimum Gasteiger partial charge on any atom is -0.395 e. The second-order valence-electron chi connectivity index (χ2n) is 4.21. The first-order chi connectivity index (χ1) is 8.63. The van der Waals surface area contributed by atoms with E-state index in [0.29, 0.717) is 5.25 Å². The number of thioether (sulfide) groups is 1. The van der Waals surface area contributed by atoms with Gasteiger partial charge in [0.05, 0.1) is 18.9 Å². The van der Waals surface area contributed by atoms with Crippen LogP contribution in [0.4, 0.5) is 8.78 Å². The zero-order valence-electron chi connectivity index (χ0n) is 10.3. The van der Waals surface area contributed by atoms with Crippen LogP contribution in [-0.4, -0.2) is 66.1 Å². The SMILES string of the molecule is O=C(CSC1CCNCC1)N(CCO)CC(F)F. The van der Waals surface area contributed by atoms with Crippen molar-refractivity contribution < 1.29 is 18.7 Å². The molecule has 2 N–H and O–H groups in total. The number of alkyl halides is 2. The number of carbonyl (C=O) groups is 1. The molecular weight excluding hydrogens is 262 g/mol. The summed E-state index contributed by atoms with van der Waals surface area (Å²) in [6.07, 6.45) is -0.538. The maximum atomic E-state index is 12.3. The summed E-state index contributed by atoms with van der Waals surface area (Å²) in [5, 5.41) is 12.4. The summed E-state index contributed by atoms with van der Waals surface area (Å²) in [7, 11) is 0. The molecule has 0 saturated carbocycles. The molecule has 0 radical (unpaired) electrons. The molecule has 7 heteroatoms. The van der Waals surface area contributed by atoms with Gasteiger partial charge in [-0.1, -0.05) is 0 Å². The van der Waals surface area contributed by atoms with Gasteiger partial charge in [0.2, 0.25) is 5.91 Å². The average molecular weight is 282 g/mol. The van der Waals surface area contributed by atoms with E-state index in [0.717, 1.165) is 30.8 Å². The predicted molar refractivity (Wildman–Crippen MR) is 68.0 cm³/mol. The van der Waals surface area contributed by atoms with Crippen LogP contribution in [0, 0.1) is 0 Å². The fourth-order valence-electron chi connectivity index (χ4n) is 1.85. The van der Waals surface area contributed by atoms with E-state index in [1.807, 2.05) is 0 Å². The molecule has 1 aliphatic rings. The minimum absolute atomic E-state index is 0.0179. The number of nitrogens with zero attached hydrogens (tertiary/aromatic N) is 1. The van der Waals surface area contributed by atoms with Gasteiger partial charge in [-0.15, -0.1) is 11.8 Å². The topological polar surface area (TPSA) is 52.6 Å². The zero-order chi connectivity index (χ0) is 13.4. The first-order valence-corrected chi connectivity index (χ1v) is 7.17. The summed E-state index contributed by atoms with van der Waals surface area (Å²) in [6.45, 7) is 1.01. The Hall–Kier alpha value is -0.400. The number of hydrogen-bond donors (Lipinski definition) is 2. The largest absolute Gasteiger partial charge is 0.395 e. The van der Waals surface area contributed by atoms with Crippen LogP contribution in [0.5, 0.6) is 0 Å². The third-order valence-electron chi connectivity index (χ3n) is 2.81. The van der Waals surface area contributed by atoms with E-state index in [4.69, 9.17) is 5.11 Å². The molecule has 0 aromatic heterocycles. The molecule has 1 rings (SSSR count). The van der Waals surface area contributed by atoms with Gasteiger partial charge in [0.1, 0.15) is 0 Å². The van der Waals surface area contributed by atoms with E-state index in [9.17, 15) is 13.6 Å². The quantitative estimate of drug-likeness (QED) is 0.716. The molecule has 0 unspecified atom stereocenters. The van der Waals surface area contributed by atoms with Gasteiger partial charge in [0.15, 0.2) is 0 Å². The number of halogens is 2. The average Bonchev–Trinajstić information content (AvgIpc) is 2.36. The molecule has 1 aliphatic heterocycles. The van der Waals surface area contributed by atoms with Crippen LogP contribution >= 0.6 is 11.8 Å². The van der Waals surface area contributed by atoms with Crippen molar-refractivity contribution >= 4 is 17.7 Å².